The number of fused-ring (bicyclic) bond motifs is 5. The molecular formula is C28H40O10. The van der Waals surface area contributed by atoms with Crippen molar-refractivity contribution in [1.29, 1.82) is 0 Å². The standard InChI is InChI=1S/C28H40O10/c1-25-6-3-18-19(28(25,35)9-5-17(25)15-10-21(31)36-12-15)4-8-27(34)11-16(2-7-26(18,27)14-29)38-24-23(33)22(32)20(30)13-37-24/h10,14,16-20,22-24,30,32-35H,2-9,11-13H2,1H3/t16-,17+,18-,19+,20?,22?,23?,24?,25+,26-,27-,28-/m0/s1. The first-order valence-electron chi connectivity index (χ1n) is 14.1. The van der Waals surface area contributed by atoms with Crippen LogP contribution in [0, 0.1) is 28.6 Å². The Kier molecular flexibility index (Phi) is 6.39. The molecule has 4 aliphatic carbocycles. The molecule has 6 rings (SSSR count). The minimum absolute atomic E-state index is 0.0489. The van der Waals surface area contributed by atoms with E-state index >= 15 is 0 Å². The molecule has 6 aliphatic rings. The van der Waals surface area contributed by atoms with Crippen LogP contribution in [0.25, 0.3) is 0 Å². The van der Waals surface area contributed by atoms with Crippen LogP contribution in [0.1, 0.15) is 64.7 Å². The van der Waals surface area contributed by atoms with Gasteiger partial charge in [0, 0.05) is 17.9 Å². The number of aliphatic hydroxyl groups excluding tert-OH is 3. The van der Waals surface area contributed by atoms with Crippen LogP contribution in [0.4, 0.5) is 0 Å². The largest absolute Gasteiger partial charge is 0.458 e. The number of esters is 1. The van der Waals surface area contributed by atoms with E-state index in [0.29, 0.717) is 44.9 Å². The second kappa shape index (κ2) is 9.06. The van der Waals surface area contributed by atoms with Crippen LogP contribution in [0.3, 0.4) is 0 Å². The molecule has 0 aromatic rings. The highest BCUT2D eigenvalue weighted by atomic mass is 16.7. The molecule has 2 heterocycles. The molecule has 10 nitrogen and oxygen atoms in total. The molecule has 10 heteroatoms. The average Bonchev–Trinajstić information content (AvgIpc) is 3.43. The Bertz CT molecular complexity index is 1020. The fraction of sp³-hybridized carbons (Fsp3) is 0.857. The van der Waals surface area contributed by atoms with Gasteiger partial charge in [-0.05, 0) is 74.7 Å². The first-order valence-corrected chi connectivity index (χ1v) is 14.1. The molecule has 12 atom stereocenters. The third kappa shape index (κ3) is 3.57. The van der Waals surface area contributed by atoms with Crippen molar-refractivity contribution in [2.24, 2.45) is 28.6 Å². The zero-order chi connectivity index (χ0) is 27.1. The van der Waals surface area contributed by atoms with Crippen LogP contribution in [0.5, 0.6) is 0 Å². The van der Waals surface area contributed by atoms with Crippen molar-refractivity contribution in [1.82, 2.24) is 0 Å². The number of hydrogen-bond acceptors (Lipinski definition) is 10. The van der Waals surface area contributed by atoms with Crippen molar-refractivity contribution >= 4 is 12.3 Å². The molecule has 0 amide bonds. The zero-order valence-corrected chi connectivity index (χ0v) is 21.8. The zero-order valence-electron chi connectivity index (χ0n) is 21.8. The Morgan fingerprint density at radius 2 is 1.76 bits per heavy atom. The Hall–Kier alpha value is -1.40. The molecule has 0 radical (unpaired) electrons. The maximum Gasteiger partial charge on any atom is 0.331 e. The van der Waals surface area contributed by atoms with Crippen LogP contribution in [-0.4, -0.2) is 92.9 Å². The lowest BCUT2D eigenvalue weighted by atomic mass is 9.41. The summed E-state index contributed by atoms with van der Waals surface area (Å²) in [5.74, 6) is -0.604. The quantitative estimate of drug-likeness (QED) is 0.193. The van der Waals surface area contributed by atoms with Gasteiger partial charge in [0.1, 0.15) is 31.2 Å². The molecule has 5 fully saturated rings. The molecule has 38 heavy (non-hydrogen) atoms. The van der Waals surface area contributed by atoms with Crippen molar-refractivity contribution in [3.8, 4) is 0 Å². The van der Waals surface area contributed by atoms with Gasteiger partial charge in [-0.25, -0.2) is 4.79 Å². The maximum absolute atomic E-state index is 12.9. The number of hydrogen-bond donors (Lipinski definition) is 5. The smallest absolute Gasteiger partial charge is 0.331 e. The fourth-order valence-corrected chi connectivity index (χ4v) is 9.52. The summed E-state index contributed by atoms with van der Waals surface area (Å²) in [6, 6.07) is 0. The van der Waals surface area contributed by atoms with Crippen LogP contribution < -0.4 is 0 Å². The number of carbonyl (C=O) groups excluding carboxylic acids is 2. The highest BCUT2D eigenvalue weighted by molar-refractivity contribution is 5.85. The first-order chi connectivity index (χ1) is 18.0. The van der Waals surface area contributed by atoms with Gasteiger partial charge in [-0.2, -0.15) is 0 Å². The lowest BCUT2D eigenvalue weighted by Crippen LogP contribution is -2.69. The number of ether oxygens (including phenoxy) is 3. The third-order valence-electron chi connectivity index (χ3n) is 11.6. The predicted octanol–water partition coefficient (Wildman–Crippen LogP) is 0.362. The Labute approximate surface area is 222 Å². The van der Waals surface area contributed by atoms with Crippen LogP contribution in [-0.2, 0) is 23.8 Å². The Morgan fingerprint density at radius 1 is 1.00 bits per heavy atom. The van der Waals surface area contributed by atoms with Crippen molar-refractivity contribution in [2.45, 2.75) is 107 Å². The minimum Gasteiger partial charge on any atom is -0.458 e. The molecule has 0 bridgehead atoms. The SMILES string of the molecule is C[C@]12CC[C@H]3[C@@H](CC[C@]4(O)C[C@@H](OC5OCC(O)C(O)C5O)CC[C@]34C=O)[C@@]1(O)CC[C@@H]2C1=CC(=O)OC1. The number of rotatable bonds is 4. The molecule has 0 spiro atoms. The number of aldehydes is 1. The summed E-state index contributed by atoms with van der Waals surface area (Å²) in [4.78, 5) is 24.7. The molecule has 4 unspecified atom stereocenters. The van der Waals surface area contributed by atoms with Gasteiger partial charge in [-0.15, -0.1) is 0 Å². The van der Waals surface area contributed by atoms with Gasteiger partial charge in [0.05, 0.1) is 29.3 Å². The van der Waals surface area contributed by atoms with E-state index in [1.54, 1.807) is 6.08 Å². The average molecular weight is 537 g/mol. The number of carbonyl (C=O) groups is 2. The van der Waals surface area contributed by atoms with E-state index in [0.717, 1.165) is 18.3 Å². The molecule has 5 N–H and O–H groups in total. The summed E-state index contributed by atoms with van der Waals surface area (Å²) in [5, 5.41) is 54.4. The van der Waals surface area contributed by atoms with E-state index < -0.39 is 52.7 Å². The molecule has 1 saturated heterocycles. The third-order valence-corrected chi connectivity index (χ3v) is 11.6. The normalized spacial score (nSPS) is 54.4. The number of aliphatic hydroxyl groups is 5. The van der Waals surface area contributed by atoms with E-state index in [4.69, 9.17) is 14.2 Å². The molecular weight excluding hydrogens is 496 g/mol. The van der Waals surface area contributed by atoms with E-state index in [1.165, 1.54) is 0 Å². The summed E-state index contributed by atoms with van der Waals surface area (Å²) in [7, 11) is 0. The van der Waals surface area contributed by atoms with E-state index in [9.17, 15) is 35.1 Å². The monoisotopic (exact) mass is 536 g/mol. The highest BCUT2D eigenvalue weighted by Crippen LogP contribution is 2.70. The van der Waals surface area contributed by atoms with Gasteiger partial charge in [0.25, 0.3) is 0 Å². The summed E-state index contributed by atoms with van der Waals surface area (Å²) < 4.78 is 16.6. The molecule has 0 aromatic carbocycles. The summed E-state index contributed by atoms with van der Waals surface area (Å²) >= 11 is 0. The Morgan fingerprint density at radius 3 is 2.47 bits per heavy atom. The summed E-state index contributed by atoms with van der Waals surface area (Å²) in [6.45, 7) is 2.22. The van der Waals surface area contributed by atoms with Gasteiger partial charge < -0.3 is 44.5 Å². The van der Waals surface area contributed by atoms with Gasteiger partial charge in [0.15, 0.2) is 6.29 Å². The van der Waals surface area contributed by atoms with Crippen LogP contribution in [0.15, 0.2) is 11.6 Å². The second-order valence-electron chi connectivity index (χ2n) is 13.0. The molecule has 2 aliphatic heterocycles. The van der Waals surface area contributed by atoms with Crippen molar-refractivity contribution in [3.63, 3.8) is 0 Å². The first kappa shape index (κ1) is 26.8. The summed E-state index contributed by atoms with van der Waals surface area (Å²) in [5.41, 5.74) is -2.83. The van der Waals surface area contributed by atoms with Crippen molar-refractivity contribution < 1.29 is 49.3 Å². The van der Waals surface area contributed by atoms with Gasteiger partial charge in [0.2, 0.25) is 0 Å². The van der Waals surface area contributed by atoms with Gasteiger partial charge in [-0.3, -0.25) is 0 Å². The lowest BCUT2D eigenvalue weighted by Gasteiger charge is -2.65. The topological polar surface area (TPSA) is 163 Å². The lowest BCUT2D eigenvalue weighted by molar-refractivity contribution is -0.301. The fourth-order valence-electron chi connectivity index (χ4n) is 9.52. The van der Waals surface area contributed by atoms with Gasteiger partial charge in [-0.1, -0.05) is 6.92 Å². The minimum atomic E-state index is -1.42. The predicted molar refractivity (Wildman–Crippen MR) is 130 cm³/mol. The van der Waals surface area contributed by atoms with E-state index in [1.807, 2.05) is 0 Å². The summed E-state index contributed by atoms with van der Waals surface area (Å²) in [6.07, 6.45) is 1.56. The van der Waals surface area contributed by atoms with Crippen molar-refractivity contribution in [2.75, 3.05) is 13.2 Å². The van der Waals surface area contributed by atoms with Gasteiger partial charge >= 0.3 is 5.97 Å². The van der Waals surface area contributed by atoms with Crippen LogP contribution in [0.2, 0.25) is 0 Å². The number of cyclic esters (lactones) is 1. The second-order valence-corrected chi connectivity index (χ2v) is 13.0. The van der Waals surface area contributed by atoms with Crippen molar-refractivity contribution in [3.05, 3.63) is 11.6 Å². The van der Waals surface area contributed by atoms with E-state index in [-0.39, 0.29) is 43.4 Å². The maximum atomic E-state index is 12.9. The highest BCUT2D eigenvalue weighted by Gasteiger charge is 2.71. The Balaban J connectivity index is 1.22. The van der Waals surface area contributed by atoms with E-state index in [2.05, 4.69) is 6.92 Å². The molecule has 212 valence electrons. The molecule has 0 aromatic heterocycles. The molecule has 4 saturated carbocycles. The van der Waals surface area contributed by atoms with Crippen LogP contribution >= 0.6 is 0 Å².